The lowest BCUT2D eigenvalue weighted by Crippen LogP contribution is -2.25. The first-order chi connectivity index (χ1) is 11.9. The van der Waals surface area contributed by atoms with Crippen LogP contribution < -0.4 is 10.6 Å². The number of unbranched alkanes of at least 4 members (excludes halogenated alkanes) is 1. The first-order valence-corrected chi connectivity index (χ1v) is 9.81. The monoisotopic (exact) mass is 382 g/mol. The summed E-state index contributed by atoms with van der Waals surface area (Å²) < 4.78 is 26.2. The highest BCUT2D eigenvalue weighted by atomic mass is 31.2. The predicted molar refractivity (Wildman–Crippen MR) is 92.9 cm³/mol. The Morgan fingerprint density at radius 3 is 2.28 bits per heavy atom. The molecule has 1 unspecified atom stereocenters. The zero-order chi connectivity index (χ0) is 19.1. The van der Waals surface area contributed by atoms with Crippen LogP contribution in [0.1, 0.15) is 38.5 Å². The van der Waals surface area contributed by atoms with Gasteiger partial charge in [-0.15, -0.1) is 0 Å². The van der Waals surface area contributed by atoms with Crippen molar-refractivity contribution in [2.75, 3.05) is 41.0 Å². The summed E-state index contributed by atoms with van der Waals surface area (Å²) in [4.78, 5) is 22.6. The second kappa shape index (κ2) is 14.2. The van der Waals surface area contributed by atoms with Crippen LogP contribution in [0, 0.1) is 5.92 Å². The minimum atomic E-state index is -3.52. The smallest absolute Gasteiger partial charge is 0.396 e. The molecular weight excluding hydrogens is 351 g/mol. The summed E-state index contributed by atoms with van der Waals surface area (Å²) in [5.74, 6) is -0.328. The summed E-state index contributed by atoms with van der Waals surface area (Å²) in [5.41, 5.74) is 0. The van der Waals surface area contributed by atoms with Crippen LogP contribution >= 0.6 is 7.82 Å². The fraction of sp³-hybridized carbons (Fsp3) is 0.867. The van der Waals surface area contributed by atoms with Gasteiger partial charge in [0, 0.05) is 53.2 Å². The number of carbonyl (C=O) groups excluding carboxylic acids is 2. The number of rotatable bonds is 15. The fourth-order valence-corrected chi connectivity index (χ4v) is 2.77. The average molecular weight is 382 g/mol. The summed E-state index contributed by atoms with van der Waals surface area (Å²) in [7, 11) is 0.506. The molecule has 0 bridgehead atoms. The molecule has 0 radical (unpaired) electrons. The van der Waals surface area contributed by atoms with Gasteiger partial charge in [-0.3, -0.25) is 23.2 Å². The number of amides is 2. The van der Waals surface area contributed by atoms with Crippen LogP contribution in [0.25, 0.3) is 0 Å². The van der Waals surface area contributed by atoms with Crippen LogP contribution in [0.2, 0.25) is 0 Å². The Labute approximate surface area is 149 Å². The van der Waals surface area contributed by atoms with E-state index in [0.717, 1.165) is 12.8 Å². The van der Waals surface area contributed by atoms with Crippen molar-refractivity contribution in [2.45, 2.75) is 38.5 Å². The molecule has 0 aliphatic rings. The van der Waals surface area contributed by atoms with Crippen LogP contribution in [0.15, 0.2) is 0 Å². The number of hydrogen-bond acceptors (Lipinski definition) is 7. The van der Waals surface area contributed by atoms with E-state index in [9.17, 15) is 19.3 Å². The van der Waals surface area contributed by atoms with Gasteiger partial charge in [0.25, 0.3) is 0 Å². The maximum atomic E-state index is 11.7. The van der Waals surface area contributed by atoms with Crippen LogP contribution in [-0.2, 0) is 27.7 Å². The number of aliphatic hydroxyl groups is 1. The highest BCUT2D eigenvalue weighted by Crippen LogP contribution is 2.47. The zero-order valence-corrected chi connectivity index (χ0v) is 16.2. The number of hydrogen-bond donors (Lipinski definition) is 3. The third-order valence-corrected chi connectivity index (χ3v) is 4.98. The van der Waals surface area contributed by atoms with E-state index in [0.29, 0.717) is 32.2 Å². The van der Waals surface area contributed by atoms with E-state index in [4.69, 9.17) is 4.52 Å². The van der Waals surface area contributed by atoms with Gasteiger partial charge in [0.15, 0.2) is 0 Å². The molecule has 0 rings (SSSR count). The molecule has 0 aromatic carbocycles. The van der Waals surface area contributed by atoms with E-state index in [-0.39, 0.29) is 30.9 Å². The van der Waals surface area contributed by atoms with Crippen LogP contribution in [0.4, 0.5) is 0 Å². The zero-order valence-electron chi connectivity index (χ0n) is 15.3. The van der Waals surface area contributed by atoms with Crippen LogP contribution in [-0.4, -0.2) is 57.9 Å². The summed E-state index contributed by atoms with van der Waals surface area (Å²) in [6.45, 7) is 0.507. The number of nitrogens with one attached hydrogen (secondary N) is 2. The maximum absolute atomic E-state index is 11.7. The second-order valence-electron chi connectivity index (χ2n) is 5.53. The molecule has 9 nitrogen and oxygen atoms in total. The van der Waals surface area contributed by atoms with E-state index in [2.05, 4.69) is 19.7 Å². The molecule has 0 aliphatic heterocycles. The van der Waals surface area contributed by atoms with E-state index in [1.54, 1.807) is 7.05 Å². The van der Waals surface area contributed by atoms with Crippen molar-refractivity contribution in [1.29, 1.82) is 0 Å². The molecule has 0 fully saturated rings. The molecule has 10 heteroatoms. The van der Waals surface area contributed by atoms with Crippen molar-refractivity contribution in [3.8, 4) is 0 Å². The van der Waals surface area contributed by atoms with Crippen molar-refractivity contribution < 1.29 is 32.8 Å². The summed E-state index contributed by atoms with van der Waals surface area (Å²) in [5, 5.41) is 14.6. The third kappa shape index (κ3) is 12.1. The maximum Gasteiger partial charge on any atom is 0.474 e. The van der Waals surface area contributed by atoms with Crippen molar-refractivity contribution in [3.63, 3.8) is 0 Å². The van der Waals surface area contributed by atoms with Crippen molar-refractivity contribution in [3.05, 3.63) is 0 Å². The van der Waals surface area contributed by atoms with Gasteiger partial charge in [-0.25, -0.2) is 4.57 Å². The first kappa shape index (κ1) is 24.0. The second-order valence-corrected chi connectivity index (χ2v) is 7.41. The van der Waals surface area contributed by atoms with Crippen LogP contribution in [0.3, 0.4) is 0 Å². The lowest BCUT2D eigenvalue weighted by molar-refractivity contribution is -0.122. The Hall–Kier alpha value is -0.990. The molecule has 25 heavy (non-hydrogen) atoms. The molecule has 0 saturated carbocycles. The molecule has 0 aromatic rings. The molecule has 0 saturated heterocycles. The Balaban J connectivity index is 3.78. The number of aliphatic hydroxyl groups excluding tert-OH is 1. The van der Waals surface area contributed by atoms with Gasteiger partial charge in [-0.05, 0) is 19.3 Å². The normalized spacial score (nSPS) is 12.6. The predicted octanol–water partition coefficient (Wildman–Crippen LogP) is 1.22. The van der Waals surface area contributed by atoms with Crippen LogP contribution in [0.5, 0.6) is 0 Å². The molecule has 0 aromatic heterocycles. The Kier molecular flexibility index (Phi) is 13.6. The minimum Gasteiger partial charge on any atom is -0.396 e. The standard InChI is InChI=1S/C15H31N2O7P/c1-16-14(19)8-6-9-15(20)17-10-5-4-7-13(11-18)12-24-25(21,22-2)23-3/h13,18H,4-12H2,1-3H3,(H,16,19)(H,17,20). The van der Waals surface area contributed by atoms with E-state index < -0.39 is 7.82 Å². The SMILES string of the molecule is CNC(=O)CCCC(=O)NCCCCC(CO)COP(=O)(OC)OC. The molecule has 1 atom stereocenters. The number of carbonyl (C=O) groups is 2. The average Bonchev–Trinajstić information content (AvgIpc) is 2.63. The van der Waals surface area contributed by atoms with E-state index in [1.165, 1.54) is 14.2 Å². The highest BCUT2D eigenvalue weighted by Gasteiger charge is 2.24. The highest BCUT2D eigenvalue weighted by molar-refractivity contribution is 7.48. The van der Waals surface area contributed by atoms with Gasteiger partial charge >= 0.3 is 7.82 Å². The summed E-state index contributed by atoms with van der Waals surface area (Å²) in [6, 6.07) is 0. The van der Waals surface area contributed by atoms with E-state index in [1.807, 2.05) is 0 Å². The fourth-order valence-electron chi connectivity index (χ4n) is 2.01. The van der Waals surface area contributed by atoms with Gasteiger partial charge < -0.3 is 15.7 Å². The topological polar surface area (TPSA) is 123 Å². The summed E-state index contributed by atoms with van der Waals surface area (Å²) >= 11 is 0. The molecule has 0 spiro atoms. The quantitative estimate of drug-likeness (QED) is 0.287. The van der Waals surface area contributed by atoms with Gasteiger partial charge in [-0.1, -0.05) is 6.42 Å². The van der Waals surface area contributed by atoms with Crippen molar-refractivity contribution >= 4 is 19.6 Å². The molecule has 3 N–H and O–H groups in total. The van der Waals surface area contributed by atoms with E-state index >= 15 is 0 Å². The Morgan fingerprint density at radius 1 is 1.08 bits per heavy atom. The molecule has 0 heterocycles. The number of phosphoric acid groups is 1. The Bertz CT molecular complexity index is 426. The molecular formula is C15H31N2O7P. The lowest BCUT2D eigenvalue weighted by atomic mass is 10.0. The summed E-state index contributed by atoms with van der Waals surface area (Å²) in [6.07, 6.45) is 3.38. The molecule has 0 aliphatic carbocycles. The first-order valence-electron chi connectivity index (χ1n) is 8.35. The van der Waals surface area contributed by atoms with Crippen molar-refractivity contribution in [2.24, 2.45) is 5.92 Å². The Morgan fingerprint density at radius 2 is 1.72 bits per heavy atom. The van der Waals surface area contributed by atoms with Gasteiger partial charge in [0.05, 0.1) is 6.61 Å². The minimum absolute atomic E-state index is 0.0707. The van der Waals surface area contributed by atoms with Gasteiger partial charge in [-0.2, -0.15) is 0 Å². The van der Waals surface area contributed by atoms with Crippen molar-refractivity contribution in [1.82, 2.24) is 10.6 Å². The number of phosphoric ester groups is 1. The van der Waals surface area contributed by atoms with Gasteiger partial charge in [0.2, 0.25) is 11.8 Å². The largest absolute Gasteiger partial charge is 0.474 e. The molecule has 148 valence electrons. The lowest BCUT2D eigenvalue weighted by Gasteiger charge is -2.18. The van der Waals surface area contributed by atoms with Gasteiger partial charge in [0.1, 0.15) is 0 Å². The third-order valence-electron chi connectivity index (χ3n) is 3.62. The molecule has 2 amide bonds.